The van der Waals surface area contributed by atoms with Crippen LogP contribution in [0.1, 0.15) is 15.9 Å². The van der Waals surface area contributed by atoms with Crippen molar-refractivity contribution in [2.24, 2.45) is 0 Å². The van der Waals surface area contributed by atoms with Crippen LogP contribution < -0.4 is 4.74 Å². The fourth-order valence-corrected chi connectivity index (χ4v) is 1.18. The molecule has 18 heavy (non-hydrogen) atoms. The topological polar surface area (TPSA) is 79.6 Å². The first kappa shape index (κ1) is 13.6. The third-order valence-corrected chi connectivity index (χ3v) is 1.84. The van der Waals surface area contributed by atoms with Crippen molar-refractivity contribution in [3.8, 4) is 17.6 Å². The molecule has 0 aromatic heterocycles. The molecule has 0 unspecified atom stereocenters. The Kier molecular flexibility index (Phi) is 3.66. The number of phenols is 1. The molecule has 5 nitrogen and oxygen atoms in total. The maximum Gasteiger partial charge on any atom is 0.573 e. The fraction of sp³-hybridized carbons (Fsp3) is 0.200. The fourth-order valence-electron chi connectivity index (χ4n) is 1.18. The van der Waals surface area contributed by atoms with Gasteiger partial charge in [0.2, 0.25) is 0 Å². The summed E-state index contributed by atoms with van der Waals surface area (Å²) in [5, 5.41) is 18.0. The van der Waals surface area contributed by atoms with Crippen LogP contribution in [0.15, 0.2) is 12.1 Å². The van der Waals surface area contributed by atoms with Gasteiger partial charge in [-0.15, -0.1) is 13.2 Å². The molecule has 0 spiro atoms. The first-order chi connectivity index (χ1) is 8.28. The number of hydrogen-bond acceptors (Lipinski definition) is 5. The van der Waals surface area contributed by atoms with Crippen molar-refractivity contribution >= 4 is 5.97 Å². The minimum absolute atomic E-state index is 0.489. The second-order valence-electron chi connectivity index (χ2n) is 3.02. The maximum absolute atomic E-state index is 12.0. The number of nitriles is 1. The van der Waals surface area contributed by atoms with Gasteiger partial charge >= 0.3 is 12.3 Å². The minimum atomic E-state index is -4.98. The lowest BCUT2D eigenvalue weighted by Crippen LogP contribution is -2.17. The average Bonchev–Trinajstić information content (AvgIpc) is 2.25. The van der Waals surface area contributed by atoms with Crippen LogP contribution in [0, 0.1) is 11.3 Å². The molecule has 1 N–H and O–H groups in total. The second kappa shape index (κ2) is 4.83. The summed E-state index contributed by atoms with van der Waals surface area (Å²) >= 11 is 0. The van der Waals surface area contributed by atoms with E-state index in [4.69, 9.17) is 5.26 Å². The number of ether oxygens (including phenoxy) is 2. The van der Waals surface area contributed by atoms with E-state index in [0.717, 1.165) is 7.11 Å². The summed E-state index contributed by atoms with van der Waals surface area (Å²) in [5.41, 5.74) is -1.00. The SMILES string of the molecule is COC(=O)c1cc(OC(F)(F)F)cc(O)c1C#N. The summed E-state index contributed by atoms with van der Waals surface area (Å²) in [7, 11) is 0.984. The van der Waals surface area contributed by atoms with Gasteiger partial charge in [-0.2, -0.15) is 5.26 Å². The first-order valence-corrected chi connectivity index (χ1v) is 4.39. The predicted octanol–water partition coefficient (Wildman–Crippen LogP) is 1.95. The Morgan fingerprint density at radius 3 is 2.50 bits per heavy atom. The van der Waals surface area contributed by atoms with Crippen molar-refractivity contribution in [1.82, 2.24) is 0 Å². The second-order valence-corrected chi connectivity index (χ2v) is 3.02. The Morgan fingerprint density at radius 1 is 1.44 bits per heavy atom. The molecule has 0 fully saturated rings. The third kappa shape index (κ3) is 3.04. The Morgan fingerprint density at radius 2 is 2.06 bits per heavy atom. The number of aromatic hydroxyl groups is 1. The van der Waals surface area contributed by atoms with Crippen LogP contribution in [0.2, 0.25) is 0 Å². The maximum atomic E-state index is 12.0. The summed E-state index contributed by atoms with van der Waals surface area (Å²) < 4.78 is 43.8. The highest BCUT2D eigenvalue weighted by Gasteiger charge is 2.32. The Bertz CT molecular complexity index is 519. The largest absolute Gasteiger partial charge is 0.573 e. The lowest BCUT2D eigenvalue weighted by atomic mass is 10.1. The summed E-state index contributed by atoms with van der Waals surface area (Å²) in [5.74, 6) is -2.69. The molecule has 0 saturated carbocycles. The van der Waals surface area contributed by atoms with Gasteiger partial charge in [-0.05, 0) is 6.07 Å². The van der Waals surface area contributed by atoms with E-state index in [0.29, 0.717) is 12.1 Å². The molecule has 0 atom stereocenters. The van der Waals surface area contributed by atoms with E-state index < -0.39 is 35.0 Å². The van der Waals surface area contributed by atoms with Crippen molar-refractivity contribution in [2.75, 3.05) is 7.11 Å². The van der Waals surface area contributed by atoms with Crippen molar-refractivity contribution in [3.05, 3.63) is 23.3 Å². The summed E-state index contributed by atoms with van der Waals surface area (Å²) in [6.45, 7) is 0. The normalized spacial score (nSPS) is 10.6. The van der Waals surface area contributed by atoms with Crippen LogP contribution in [0.25, 0.3) is 0 Å². The van der Waals surface area contributed by atoms with E-state index >= 15 is 0 Å². The van der Waals surface area contributed by atoms with Crippen LogP contribution in [-0.2, 0) is 4.74 Å². The van der Waals surface area contributed by atoms with Crippen molar-refractivity contribution in [1.29, 1.82) is 5.26 Å². The molecule has 96 valence electrons. The van der Waals surface area contributed by atoms with E-state index in [9.17, 15) is 23.1 Å². The van der Waals surface area contributed by atoms with Crippen LogP contribution in [0.4, 0.5) is 13.2 Å². The minimum Gasteiger partial charge on any atom is -0.506 e. The number of halogens is 3. The van der Waals surface area contributed by atoms with Crippen molar-refractivity contribution in [3.63, 3.8) is 0 Å². The van der Waals surface area contributed by atoms with Gasteiger partial charge in [0.15, 0.2) is 0 Å². The van der Waals surface area contributed by atoms with Gasteiger partial charge in [0, 0.05) is 6.07 Å². The molecular weight excluding hydrogens is 255 g/mol. The molecular formula is C10H6F3NO4. The van der Waals surface area contributed by atoms with Crippen molar-refractivity contribution < 1.29 is 32.5 Å². The quantitative estimate of drug-likeness (QED) is 0.823. The van der Waals surface area contributed by atoms with Crippen LogP contribution in [0.5, 0.6) is 11.5 Å². The van der Waals surface area contributed by atoms with E-state index in [1.807, 2.05) is 0 Å². The summed E-state index contributed by atoms with van der Waals surface area (Å²) in [6.07, 6.45) is -4.98. The third-order valence-electron chi connectivity index (χ3n) is 1.84. The van der Waals surface area contributed by atoms with Crippen molar-refractivity contribution in [2.45, 2.75) is 6.36 Å². The highest BCUT2D eigenvalue weighted by molar-refractivity contribution is 5.93. The van der Waals surface area contributed by atoms with Gasteiger partial charge in [-0.1, -0.05) is 0 Å². The Hall–Kier alpha value is -2.43. The van der Waals surface area contributed by atoms with Gasteiger partial charge in [0.05, 0.1) is 12.7 Å². The lowest BCUT2D eigenvalue weighted by Gasteiger charge is -2.11. The number of methoxy groups -OCH3 is 1. The van der Waals surface area contributed by atoms with Gasteiger partial charge in [-0.25, -0.2) is 4.79 Å². The Labute approximate surface area is 99.0 Å². The predicted molar refractivity (Wildman–Crippen MR) is 50.8 cm³/mol. The highest BCUT2D eigenvalue weighted by atomic mass is 19.4. The van der Waals surface area contributed by atoms with Crippen LogP contribution in [0.3, 0.4) is 0 Å². The molecule has 0 saturated heterocycles. The molecule has 0 aliphatic heterocycles. The van der Waals surface area contributed by atoms with E-state index in [1.165, 1.54) is 6.07 Å². The smallest absolute Gasteiger partial charge is 0.506 e. The number of carbonyl (C=O) groups excluding carboxylic acids is 1. The molecule has 0 aliphatic rings. The molecule has 8 heteroatoms. The molecule has 0 heterocycles. The molecule has 0 radical (unpaired) electrons. The Balaban J connectivity index is 3.32. The van der Waals surface area contributed by atoms with Crippen LogP contribution >= 0.6 is 0 Å². The number of hydrogen-bond donors (Lipinski definition) is 1. The number of rotatable bonds is 2. The number of nitrogens with zero attached hydrogens (tertiary/aromatic N) is 1. The monoisotopic (exact) mass is 261 g/mol. The summed E-state index contributed by atoms with van der Waals surface area (Å²) in [6, 6.07) is 2.73. The number of alkyl halides is 3. The van der Waals surface area contributed by atoms with E-state index in [-0.39, 0.29) is 0 Å². The lowest BCUT2D eigenvalue weighted by molar-refractivity contribution is -0.274. The number of carbonyl (C=O) groups is 1. The zero-order valence-corrected chi connectivity index (χ0v) is 8.91. The number of benzene rings is 1. The molecule has 1 rings (SSSR count). The standard InChI is InChI=1S/C10H6F3NO4/c1-17-9(16)6-2-5(18-10(11,12)13)3-8(15)7(6)4-14/h2-3,15H,1H3. The van der Waals surface area contributed by atoms with Gasteiger partial charge in [0.25, 0.3) is 0 Å². The van der Waals surface area contributed by atoms with Gasteiger partial charge in [-0.3, -0.25) is 0 Å². The zero-order valence-electron chi connectivity index (χ0n) is 8.91. The molecule has 1 aromatic rings. The molecule has 0 bridgehead atoms. The number of phenolic OH excluding ortho intramolecular Hbond substituents is 1. The molecule has 0 amide bonds. The highest BCUT2D eigenvalue weighted by Crippen LogP contribution is 2.31. The number of esters is 1. The van der Waals surface area contributed by atoms with Gasteiger partial charge < -0.3 is 14.6 Å². The van der Waals surface area contributed by atoms with Crippen LogP contribution in [-0.4, -0.2) is 24.5 Å². The zero-order chi connectivity index (χ0) is 13.9. The van der Waals surface area contributed by atoms with Gasteiger partial charge in [0.1, 0.15) is 23.1 Å². The first-order valence-electron chi connectivity index (χ1n) is 4.39. The average molecular weight is 261 g/mol. The molecule has 0 aliphatic carbocycles. The summed E-state index contributed by atoms with van der Waals surface area (Å²) in [4.78, 5) is 11.2. The van der Waals surface area contributed by atoms with E-state index in [1.54, 1.807) is 0 Å². The molecule has 1 aromatic carbocycles. The van der Waals surface area contributed by atoms with E-state index in [2.05, 4.69) is 9.47 Å².